The van der Waals surface area contributed by atoms with Gasteiger partial charge >= 0.3 is 0 Å². The lowest BCUT2D eigenvalue weighted by Gasteiger charge is -2.43. The van der Waals surface area contributed by atoms with E-state index in [1.807, 2.05) is 11.0 Å². The van der Waals surface area contributed by atoms with Gasteiger partial charge in [0.2, 0.25) is 5.91 Å². The van der Waals surface area contributed by atoms with Gasteiger partial charge in [0.25, 0.3) is 0 Å². The molecular formula is C17H24FN3O3S. The number of sulfone groups is 1. The van der Waals surface area contributed by atoms with Gasteiger partial charge in [-0.15, -0.1) is 0 Å². The first kappa shape index (κ1) is 18.3. The van der Waals surface area contributed by atoms with E-state index in [9.17, 15) is 17.6 Å². The number of likely N-dealkylation sites (N-methyl/N-ethyl adjacent to an activating group) is 1. The van der Waals surface area contributed by atoms with Crippen molar-refractivity contribution in [1.29, 1.82) is 0 Å². The molecule has 0 unspecified atom stereocenters. The van der Waals surface area contributed by atoms with Gasteiger partial charge < -0.3 is 4.90 Å². The molecule has 6 nitrogen and oxygen atoms in total. The Morgan fingerprint density at radius 1 is 1.20 bits per heavy atom. The lowest BCUT2D eigenvalue weighted by Crippen LogP contribution is -2.60. The smallest absolute Gasteiger partial charge is 0.236 e. The molecule has 138 valence electrons. The van der Waals surface area contributed by atoms with Crippen LogP contribution in [0.4, 0.5) is 4.39 Å². The van der Waals surface area contributed by atoms with Gasteiger partial charge in [0.05, 0.1) is 18.1 Å². The van der Waals surface area contributed by atoms with Crippen LogP contribution in [-0.4, -0.2) is 86.3 Å². The summed E-state index contributed by atoms with van der Waals surface area (Å²) in [6, 6.07) is 6.06. The van der Waals surface area contributed by atoms with Crippen LogP contribution in [0.15, 0.2) is 24.3 Å². The normalized spacial score (nSPS) is 26.4. The Morgan fingerprint density at radius 3 is 2.48 bits per heavy atom. The third-order valence-electron chi connectivity index (χ3n) is 5.02. The molecule has 3 rings (SSSR count). The number of carbonyl (C=O) groups excluding carboxylic acids is 1. The fourth-order valence-electron chi connectivity index (χ4n) is 3.67. The summed E-state index contributed by atoms with van der Waals surface area (Å²) in [5.74, 6) is -0.137. The molecule has 1 aromatic carbocycles. The number of amides is 1. The molecule has 2 saturated heterocycles. The Morgan fingerprint density at radius 2 is 1.84 bits per heavy atom. The summed E-state index contributed by atoms with van der Waals surface area (Å²) in [7, 11) is 0.266. The van der Waals surface area contributed by atoms with E-state index >= 15 is 0 Å². The third-order valence-corrected chi connectivity index (χ3v) is 6.72. The highest BCUT2D eigenvalue weighted by Crippen LogP contribution is 2.28. The van der Waals surface area contributed by atoms with Crippen LogP contribution >= 0.6 is 0 Å². The molecule has 1 amide bonds. The van der Waals surface area contributed by atoms with Crippen molar-refractivity contribution in [2.45, 2.75) is 18.6 Å². The van der Waals surface area contributed by atoms with Crippen molar-refractivity contribution in [3.63, 3.8) is 0 Å². The summed E-state index contributed by atoms with van der Waals surface area (Å²) in [6.45, 7) is 2.04. The van der Waals surface area contributed by atoms with Gasteiger partial charge in [-0.3, -0.25) is 14.6 Å². The van der Waals surface area contributed by atoms with Crippen LogP contribution in [0.2, 0.25) is 0 Å². The Balaban J connectivity index is 1.77. The number of halogens is 1. The molecule has 0 aromatic heterocycles. The molecule has 2 fully saturated rings. The molecule has 2 aliphatic heterocycles. The summed E-state index contributed by atoms with van der Waals surface area (Å²) in [4.78, 5) is 17.7. The number of nitrogens with zero attached hydrogens (tertiary/aromatic N) is 3. The van der Waals surface area contributed by atoms with Gasteiger partial charge in [0, 0.05) is 45.8 Å². The number of piperazine rings is 1. The zero-order valence-corrected chi connectivity index (χ0v) is 15.4. The van der Waals surface area contributed by atoms with Crippen LogP contribution in [0.25, 0.3) is 0 Å². The van der Waals surface area contributed by atoms with Crippen molar-refractivity contribution in [3.8, 4) is 0 Å². The maximum absolute atomic E-state index is 13.4. The zero-order chi connectivity index (χ0) is 18.2. The van der Waals surface area contributed by atoms with Crippen molar-refractivity contribution in [3.05, 3.63) is 35.6 Å². The Labute approximate surface area is 148 Å². The average Bonchev–Trinajstić information content (AvgIpc) is 2.85. The molecule has 0 radical (unpaired) electrons. The molecule has 8 heteroatoms. The topological polar surface area (TPSA) is 60.9 Å². The van der Waals surface area contributed by atoms with Crippen molar-refractivity contribution in [1.82, 2.24) is 14.7 Å². The summed E-state index contributed by atoms with van der Waals surface area (Å²) in [5, 5.41) is 0. The Kier molecular flexibility index (Phi) is 5.13. The van der Waals surface area contributed by atoms with E-state index in [1.54, 1.807) is 20.2 Å². The minimum absolute atomic E-state index is 0.0263. The molecule has 0 bridgehead atoms. The monoisotopic (exact) mass is 369 g/mol. The Hall–Kier alpha value is -1.51. The van der Waals surface area contributed by atoms with Crippen molar-refractivity contribution < 1.29 is 17.6 Å². The van der Waals surface area contributed by atoms with Crippen LogP contribution in [0.1, 0.15) is 5.56 Å². The van der Waals surface area contributed by atoms with Crippen LogP contribution < -0.4 is 0 Å². The predicted octanol–water partition coefficient (Wildman–Crippen LogP) is 0.197. The summed E-state index contributed by atoms with van der Waals surface area (Å²) in [6.07, 6.45) is 0. The fraction of sp³-hybridized carbons (Fsp3) is 0.588. The molecule has 0 aliphatic carbocycles. The van der Waals surface area contributed by atoms with E-state index in [1.165, 1.54) is 17.0 Å². The average molecular weight is 369 g/mol. The van der Waals surface area contributed by atoms with Gasteiger partial charge in [-0.2, -0.15) is 0 Å². The van der Waals surface area contributed by atoms with E-state index in [0.29, 0.717) is 19.6 Å². The first-order valence-corrected chi connectivity index (χ1v) is 10.2. The number of hydrogen-bond acceptors (Lipinski definition) is 5. The first-order chi connectivity index (χ1) is 11.7. The minimum Gasteiger partial charge on any atom is -0.348 e. The highest BCUT2D eigenvalue weighted by molar-refractivity contribution is 7.91. The number of fused-ring (bicyclic) bond motifs is 1. The van der Waals surface area contributed by atoms with Gasteiger partial charge in [-0.05, 0) is 17.7 Å². The second-order valence-electron chi connectivity index (χ2n) is 7.07. The highest BCUT2D eigenvalue weighted by Gasteiger charge is 2.46. The quantitative estimate of drug-likeness (QED) is 0.759. The molecule has 1 aromatic rings. The van der Waals surface area contributed by atoms with Crippen LogP contribution in [0.5, 0.6) is 0 Å². The van der Waals surface area contributed by atoms with Crippen molar-refractivity contribution >= 4 is 15.7 Å². The molecule has 2 heterocycles. The van der Waals surface area contributed by atoms with Gasteiger partial charge in [-0.1, -0.05) is 12.1 Å². The molecule has 25 heavy (non-hydrogen) atoms. The number of hydrogen-bond donors (Lipinski definition) is 0. The molecular weight excluding hydrogens is 345 g/mol. The summed E-state index contributed by atoms with van der Waals surface area (Å²) >= 11 is 0. The standard InChI is InChI=1S/C17H24FN3O3S/c1-19(2)17(22)10-21-7-6-20(9-13-4-3-5-14(18)8-13)15-11-25(23,24)12-16(15)21/h3-5,8,15-16H,6-7,9-12H2,1-2H3/t15-,16+/m1/s1. The van der Waals surface area contributed by atoms with E-state index in [2.05, 4.69) is 4.90 Å². The largest absolute Gasteiger partial charge is 0.348 e. The maximum Gasteiger partial charge on any atom is 0.236 e. The van der Waals surface area contributed by atoms with Crippen LogP contribution in [0.3, 0.4) is 0 Å². The number of rotatable bonds is 4. The highest BCUT2D eigenvalue weighted by atomic mass is 32.2. The molecule has 0 N–H and O–H groups in total. The first-order valence-electron chi connectivity index (χ1n) is 8.38. The van der Waals surface area contributed by atoms with Crippen LogP contribution in [0, 0.1) is 5.82 Å². The van der Waals surface area contributed by atoms with E-state index in [4.69, 9.17) is 0 Å². The van der Waals surface area contributed by atoms with Gasteiger partial charge in [0.15, 0.2) is 9.84 Å². The second-order valence-corrected chi connectivity index (χ2v) is 9.22. The van der Waals surface area contributed by atoms with Crippen molar-refractivity contribution in [2.24, 2.45) is 0 Å². The second kappa shape index (κ2) is 7.01. The van der Waals surface area contributed by atoms with Crippen LogP contribution in [-0.2, 0) is 21.2 Å². The van der Waals surface area contributed by atoms with Gasteiger partial charge in [0.1, 0.15) is 5.82 Å². The minimum atomic E-state index is -3.13. The SMILES string of the molecule is CN(C)C(=O)CN1CCN(Cc2cccc(F)c2)[C@@H]2CS(=O)(=O)C[C@@H]21. The lowest BCUT2D eigenvalue weighted by molar-refractivity contribution is -0.131. The molecule has 2 atom stereocenters. The fourth-order valence-corrected chi connectivity index (χ4v) is 5.72. The van der Waals surface area contributed by atoms with Crippen molar-refractivity contribution in [2.75, 3.05) is 45.2 Å². The Bertz CT molecular complexity index is 753. The van der Waals surface area contributed by atoms with E-state index < -0.39 is 9.84 Å². The van der Waals surface area contributed by atoms with Gasteiger partial charge in [-0.25, -0.2) is 12.8 Å². The molecule has 0 spiro atoms. The lowest BCUT2D eigenvalue weighted by atomic mass is 10.0. The number of benzene rings is 1. The predicted molar refractivity (Wildman–Crippen MR) is 93.3 cm³/mol. The molecule has 2 aliphatic rings. The third kappa shape index (κ3) is 4.19. The number of carbonyl (C=O) groups is 1. The summed E-state index contributed by atoms with van der Waals surface area (Å²) in [5.41, 5.74) is 0.834. The summed E-state index contributed by atoms with van der Waals surface area (Å²) < 4.78 is 37.8. The van der Waals surface area contributed by atoms with E-state index in [0.717, 1.165) is 5.56 Å². The zero-order valence-electron chi connectivity index (χ0n) is 14.6. The maximum atomic E-state index is 13.4. The molecule has 0 saturated carbocycles. The van der Waals surface area contributed by atoms with E-state index in [-0.39, 0.29) is 41.9 Å².